The van der Waals surface area contributed by atoms with E-state index in [0.29, 0.717) is 6.07 Å². The molecule has 0 aliphatic carbocycles. The van der Waals surface area contributed by atoms with Gasteiger partial charge in [-0.2, -0.15) is 13.2 Å². The van der Waals surface area contributed by atoms with Crippen molar-refractivity contribution >= 4 is 5.76 Å². The van der Waals surface area contributed by atoms with E-state index in [1.54, 1.807) is 0 Å². The highest BCUT2D eigenvalue weighted by Crippen LogP contribution is 2.31. The maximum atomic E-state index is 13.1. The van der Waals surface area contributed by atoms with E-state index in [4.69, 9.17) is 5.11 Å². The molecule has 0 aromatic heterocycles. The molecule has 0 heterocycles. The zero-order chi connectivity index (χ0) is 11.6. The van der Waals surface area contributed by atoms with Gasteiger partial charge in [0.2, 0.25) is 0 Å². The number of aliphatic hydroxyl groups is 1. The van der Waals surface area contributed by atoms with Crippen molar-refractivity contribution < 1.29 is 22.7 Å². The number of rotatable bonds is 1. The van der Waals surface area contributed by atoms with Crippen molar-refractivity contribution in [1.82, 2.24) is 0 Å². The fourth-order valence-corrected chi connectivity index (χ4v) is 1.05. The van der Waals surface area contributed by atoms with E-state index in [2.05, 4.69) is 0 Å². The minimum atomic E-state index is -4.58. The SMILES string of the molecule is CC=C(O)c1ccc(C(F)(F)F)cc1F. The summed E-state index contributed by atoms with van der Waals surface area (Å²) in [5.41, 5.74) is -1.32. The summed E-state index contributed by atoms with van der Waals surface area (Å²) in [5, 5.41) is 9.14. The highest BCUT2D eigenvalue weighted by molar-refractivity contribution is 5.59. The number of alkyl halides is 3. The topological polar surface area (TPSA) is 20.2 Å². The molecule has 0 aliphatic rings. The van der Waals surface area contributed by atoms with E-state index in [-0.39, 0.29) is 11.3 Å². The van der Waals surface area contributed by atoms with Gasteiger partial charge in [0.25, 0.3) is 0 Å². The Kier molecular flexibility index (Phi) is 3.02. The lowest BCUT2D eigenvalue weighted by Gasteiger charge is -2.08. The zero-order valence-electron chi connectivity index (χ0n) is 7.77. The summed E-state index contributed by atoms with van der Waals surface area (Å²) in [6.07, 6.45) is -3.38. The van der Waals surface area contributed by atoms with Crippen LogP contribution in [-0.4, -0.2) is 5.11 Å². The second-order valence-corrected chi connectivity index (χ2v) is 2.87. The predicted molar refractivity (Wildman–Crippen MR) is 47.7 cm³/mol. The standard InChI is InChI=1S/C10H8F4O/c1-2-9(15)7-4-3-6(5-8(7)11)10(12,13)14/h2-5,15H,1H3. The first-order valence-corrected chi connectivity index (χ1v) is 4.08. The van der Waals surface area contributed by atoms with Crippen molar-refractivity contribution in [2.24, 2.45) is 0 Å². The van der Waals surface area contributed by atoms with Crippen LogP contribution in [0.4, 0.5) is 17.6 Å². The van der Waals surface area contributed by atoms with E-state index in [9.17, 15) is 17.6 Å². The normalized spacial score (nSPS) is 13.0. The molecule has 0 saturated carbocycles. The van der Waals surface area contributed by atoms with Crippen LogP contribution in [0.15, 0.2) is 24.3 Å². The van der Waals surface area contributed by atoms with E-state index in [1.165, 1.54) is 13.0 Å². The maximum absolute atomic E-state index is 13.1. The molecule has 0 fully saturated rings. The third-order valence-corrected chi connectivity index (χ3v) is 1.85. The van der Waals surface area contributed by atoms with E-state index >= 15 is 0 Å². The first-order chi connectivity index (χ1) is 6.86. The number of benzene rings is 1. The predicted octanol–water partition coefficient (Wildman–Crippen LogP) is 3.76. The summed E-state index contributed by atoms with van der Waals surface area (Å²) >= 11 is 0. The third-order valence-electron chi connectivity index (χ3n) is 1.85. The lowest BCUT2D eigenvalue weighted by atomic mass is 10.1. The van der Waals surface area contributed by atoms with Crippen LogP contribution in [0.2, 0.25) is 0 Å². The molecule has 1 aromatic carbocycles. The number of hydrogen-bond donors (Lipinski definition) is 1. The Morgan fingerprint density at radius 2 is 1.93 bits per heavy atom. The van der Waals surface area contributed by atoms with Gasteiger partial charge < -0.3 is 5.11 Å². The van der Waals surface area contributed by atoms with Crippen LogP contribution in [0.25, 0.3) is 5.76 Å². The summed E-state index contributed by atoms with van der Waals surface area (Å²) in [6.45, 7) is 1.45. The minimum absolute atomic E-state index is 0.245. The molecule has 15 heavy (non-hydrogen) atoms. The van der Waals surface area contributed by atoms with Gasteiger partial charge in [0.15, 0.2) is 0 Å². The van der Waals surface area contributed by atoms with Crippen LogP contribution in [0, 0.1) is 5.82 Å². The third kappa shape index (κ3) is 2.49. The molecule has 0 unspecified atom stereocenters. The van der Waals surface area contributed by atoms with E-state index in [1.807, 2.05) is 0 Å². The average Bonchev–Trinajstić information content (AvgIpc) is 2.15. The van der Waals surface area contributed by atoms with Crippen LogP contribution < -0.4 is 0 Å². The van der Waals surface area contributed by atoms with Gasteiger partial charge in [0.1, 0.15) is 11.6 Å². The van der Waals surface area contributed by atoms with Crippen molar-refractivity contribution in [1.29, 1.82) is 0 Å². The van der Waals surface area contributed by atoms with Gasteiger partial charge in [-0.1, -0.05) is 0 Å². The fraction of sp³-hybridized carbons (Fsp3) is 0.200. The molecule has 1 aromatic rings. The van der Waals surface area contributed by atoms with E-state index < -0.39 is 17.6 Å². The van der Waals surface area contributed by atoms with Crippen LogP contribution in [0.1, 0.15) is 18.1 Å². The van der Waals surface area contributed by atoms with Gasteiger partial charge in [0, 0.05) is 0 Å². The van der Waals surface area contributed by atoms with Gasteiger partial charge in [-0.15, -0.1) is 0 Å². The average molecular weight is 220 g/mol. The lowest BCUT2D eigenvalue weighted by molar-refractivity contribution is -0.137. The summed E-state index contributed by atoms with van der Waals surface area (Å²) in [7, 11) is 0. The molecule has 0 radical (unpaired) electrons. The van der Waals surface area contributed by atoms with Gasteiger partial charge in [-0.25, -0.2) is 4.39 Å². The van der Waals surface area contributed by atoms with Gasteiger partial charge in [0.05, 0.1) is 11.1 Å². The molecule has 0 saturated heterocycles. The first-order valence-electron chi connectivity index (χ1n) is 4.08. The zero-order valence-corrected chi connectivity index (χ0v) is 7.77. The smallest absolute Gasteiger partial charge is 0.416 e. The first kappa shape index (κ1) is 11.6. The van der Waals surface area contributed by atoms with Crippen LogP contribution in [0.5, 0.6) is 0 Å². The van der Waals surface area contributed by atoms with Crippen LogP contribution in [-0.2, 0) is 6.18 Å². The monoisotopic (exact) mass is 220 g/mol. The molecule has 0 spiro atoms. The molecule has 0 atom stereocenters. The summed E-state index contributed by atoms with van der Waals surface area (Å²) in [5.74, 6) is -1.48. The van der Waals surface area contributed by atoms with Crippen LogP contribution in [0.3, 0.4) is 0 Å². The second kappa shape index (κ2) is 3.92. The Hall–Kier alpha value is -1.52. The Balaban J connectivity index is 3.21. The van der Waals surface area contributed by atoms with Crippen molar-refractivity contribution in [2.45, 2.75) is 13.1 Å². The van der Waals surface area contributed by atoms with Crippen molar-refractivity contribution in [3.05, 3.63) is 41.2 Å². The van der Waals surface area contributed by atoms with Crippen molar-refractivity contribution in [3.8, 4) is 0 Å². The Morgan fingerprint density at radius 1 is 1.33 bits per heavy atom. The molecule has 82 valence electrons. The van der Waals surface area contributed by atoms with Gasteiger partial charge >= 0.3 is 6.18 Å². The molecule has 0 amide bonds. The molecule has 0 bridgehead atoms. The molecular weight excluding hydrogens is 212 g/mol. The summed E-state index contributed by atoms with van der Waals surface area (Å²) < 4.78 is 49.5. The van der Waals surface area contributed by atoms with Gasteiger partial charge in [-0.3, -0.25) is 0 Å². The quantitative estimate of drug-likeness (QED) is 0.564. The highest BCUT2D eigenvalue weighted by atomic mass is 19.4. The number of allylic oxidation sites excluding steroid dienone is 1. The molecule has 1 nitrogen and oxygen atoms in total. The fourth-order valence-electron chi connectivity index (χ4n) is 1.05. The maximum Gasteiger partial charge on any atom is 0.416 e. The van der Waals surface area contributed by atoms with E-state index in [0.717, 1.165) is 12.1 Å². The molecule has 5 heteroatoms. The molecule has 1 rings (SSSR count). The second-order valence-electron chi connectivity index (χ2n) is 2.87. The summed E-state index contributed by atoms with van der Waals surface area (Å²) in [4.78, 5) is 0. The number of aliphatic hydroxyl groups excluding tert-OH is 1. The van der Waals surface area contributed by atoms with Crippen molar-refractivity contribution in [2.75, 3.05) is 0 Å². The summed E-state index contributed by atoms with van der Waals surface area (Å²) in [6, 6.07) is 1.97. The minimum Gasteiger partial charge on any atom is -0.508 e. The Bertz CT molecular complexity index is 393. The number of hydrogen-bond acceptors (Lipinski definition) is 1. The van der Waals surface area contributed by atoms with Crippen LogP contribution >= 0.6 is 0 Å². The van der Waals surface area contributed by atoms with Crippen molar-refractivity contribution in [3.63, 3.8) is 0 Å². The highest BCUT2D eigenvalue weighted by Gasteiger charge is 2.31. The lowest BCUT2D eigenvalue weighted by Crippen LogP contribution is -2.06. The molecule has 0 aliphatic heterocycles. The Labute approximate surface area is 83.7 Å². The Morgan fingerprint density at radius 3 is 2.33 bits per heavy atom. The van der Waals surface area contributed by atoms with Gasteiger partial charge in [-0.05, 0) is 31.2 Å². The number of halogens is 4. The molecule has 1 N–H and O–H groups in total. The molecular formula is C10H8F4O. The largest absolute Gasteiger partial charge is 0.508 e.